The predicted octanol–water partition coefficient (Wildman–Crippen LogP) is 5.37. The van der Waals surface area contributed by atoms with Crippen molar-refractivity contribution in [2.45, 2.75) is 36.5 Å². The van der Waals surface area contributed by atoms with Gasteiger partial charge in [-0.15, -0.1) is 0 Å². The molecule has 6 nitrogen and oxygen atoms in total. The number of rotatable bonds is 6. The highest BCUT2D eigenvalue weighted by atomic mass is 35.5. The number of pyridine rings is 1. The second kappa shape index (κ2) is 8.52. The number of aromatic nitrogens is 2. The van der Waals surface area contributed by atoms with Gasteiger partial charge in [0, 0.05) is 12.1 Å². The highest BCUT2D eigenvalue weighted by Gasteiger charge is 2.39. The van der Waals surface area contributed by atoms with E-state index in [1.807, 2.05) is 0 Å². The van der Waals surface area contributed by atoms with E-state index in [1.54, 1.807) is 0 Å². The molecule has 178 valence electrons. The van der Waals surface area contributed by atoms with Gasteiger partial charge in [-0.2, -0.15) is 26.3 Å². The van der Waals surface area contributed by atoms with Crippen LogP contribution in [0.4, 0.5) is 26.3 Å². The van der Waals surface area contributed by atoms with Gasteiger partial charge in [0.05, 0.1) is 27.1 Å². The summed E-state index contributed by atoms with van der Waals surface area (Å²) in [5.74, 6) is -1.17. The molecule has 0 aliphatic heterocycles. The van der Waals surface area contributed by atoms with E-state index in [9.17, 15) is 39.6 Å². The first kappa shape index (κ1) is 24.8. The van der Waals surface area contributed by atoms with E-state index in [4.69, 9.17) is 16.7 Å². The first-order valence-corrected chi connectivity index (χ1v) is 10.9. The summed E-state index contributed by atoms with van der Waals surface area (Å²) in [6, 6.07) is 3.67. The van der Waals surface area contributed by atoms with Crippen LogP contribution in [0.1, 0.15) is 29.7 Å². The van der Waals surface area contributed by atoms with Crippen LogP contribution in [0.25, 0.3) is 11.0 Å². The number of carboxylic acid groups (broad SMARTS) is 1. The fraction of sp³-hybridized carbons (Fsp3) is 0.263. The van der Waals surface area contributed by atoms with Crippen LogP contribution in [-0.2, 0) is 33.6 Å². The van der Waals surface area contributed by atoms with Gasteiger partial charge >= 0.3 is 18.3 Å². The summed E-state index contributed by atoms with van der Waals surface area (Å²) in [7, 11) is -5.00. The molecule has 0 bridgehead atoms. The van der Waals surface area contributed by atoms with Crippen LogP contribution in [0.2, 0.25) is 5.15 Å². The van der Waals surface area contributed by atoms with E-state index in [0.717, 1.165) is 0 Å². The molecular formula is C19H13ClF6N2O4S. The zero-order valence-electron chi connectivity index (χ0n) is 16.2. The van der Waals surface area contributed by atoms with Crippen LogP contribution in [0.5, 0.6) is 0 Å². The van der Waals surface area contributed by atoms with Gasteiger partial charge in [-0.05, 0) is 49.2 Å². The van der Waals surface area contributed by atoms with Crippen LogP contribution >= 0.6 is 11.6 Å². The zero-order chi connectivity index (χ0) is 24.8. The molecule has 0 fully saturated rings. The first-order valence-electron chi connectivity index (χ1n) is 9.04. The van der Waals surface area contributed by atoms with Crippen molar-refractivity contribution in [3.05, 3.63) is 58.4 Å². The number of fused-ring (bicyclic) bond motifs is 1. The number of benzene rings is 1. The predicted molar refractivity (Wildman–Crippen MR) is 104 cm³/mol. The minimum Gasteiger partial charge on any atom is -0.481 e. The van der Waals surface area contributed by atoms with Gasteiger partial charge in [-0.1, -0.05) is 11.6 Å². The first-order chi connectivity index (χ1) is 15.1. The monoisotopic (exact) mass is 514 g/mol. The standard InChI is InChI=1S/C19H13ClF6N2O4S/c20-16-5-4-15-14(27-16)9-12(2-1-3-17(29)30)28(15)33(31,32)13-7-10(18(21,22)23)6-11(8-13)19(24,25)26/h4-9H,1-3H2,(H,29,30). The molecule has 0 aliphatic carbocycles. The molecular weight excluding hydrogens is 502 g/mol. The summed E-state index contributed by atoms with van der Waals surface area (Å²) in [5.41, 5.74) is -3.79. The van der Waals surface area contributed by atoms with Crippen LogP contribution in [0, 0.1) is 0 Å². The molecule has 0 unspecified atom stereocenters. The van der Waals surface area contributed by atoms with Gasteiger partial charge < -0.3 is 5.11 Å². The summed E-state index contributed by atoms with van der Waals surface area (Å²) in [6.07, 6.45) is -11.1. The number of carbonyl (C=O) groups is 1. The lowest BCUT2D eigenvalue weighted by atomic mass is 10.1. The largest absolute Gasteiger partial charge is 0.481 e. The van der Waals surface area contributed by atoms with E-state index >= 15 is 0 Å². The summed E-state index contributed by atoms with van der Waals surface area (Å²) in [5, 5.41) is 8.79. The molecule has 33 heavy (non-hydrogen) atoms. The lowest BCUT2D eigenvalue weighted by molar-refractivity contribution is -0.143. The van der Waals surface area contributed by atoms with Crippen LogP contribution in [0.3, 0.4) is 0 Å². The average molecular weight is 515 g/mol. The molecule has 3 rings (SSSR count). The summed E-state index contributed by atoms with van der Waals surface area (Å²) >= 11 is 5.80. The maximum absolute atomic E-state index is 13.3. The molecule has 0 aliphatic rings. The maximum Gasteiger partial charge on any atom is 0.416 e. The topological polar surface area (TPSA) is 89.3 Å². The normalized spacial score (nSPS) is 12.9. The van der Waals surface area contributed by atoms with Crippen molar-refractivity contribution in [1.82, 2.24) is 8.96 Å². The van der Waals surface area contributed by atoms with Crippen molar-refractivity contribution in [2.75, 3.05) is 0 Å². The Morgan fingerprint density at radius 3 is 2.09 bits per heavy atom. The third kappa shape index (κ3) is 5.24. The van der Waals surface area contributed by atoms with Gasteiger partial charge in [0.1, 0.15) is 5.15 Å². The van der Waals surface area contributed by atoms with Crippen LogP contribution < -0.4 is 0 Å². The maximum atomic E-state index is 13.3. The Kier molecular flexibility index (Phi) is 6.41. The molecule has 1 aromatic carbocycles. The number of hydrogen-bond acceptors (Lipinski definition) is 4. The van der Waals surface area contributed by atoms with Crippen molar-refractivity contribution >= 4 is 38.6 Å². The molecule has 14 heteroatoms. The minimum atomic E-state index is -5.25. The molecule has 0 atom stereocenters. The molecule has 3 aromatic rings. The zero-order valence-corrected chi connectivity index (χ0v) is 17.8. The van der Waals surface area contributed by atoms with Crippen LogP contribution in [-0.4, -0.2) is 28.5 Å². The molecule has 0 spiro atoms. The van der Waals surface area contributed by atoms with Crippen molar-refractivity contribution in [3.63, 3.8) is 0 Å². The molecule has 0 amide bonds. The van der Waals surface area contributed by atoms with Crippen LogP contribution in [0.15, 0.2) is 41.3 Å². The van der Waals surface area contributed by atoms with E-state index in [0.29, 0.717) is 3.97 Å². The summed E-state index contributed by atoms with van der Waals surface area (Å²) in [6.45, 7) is 0. The second-order valence-electron chi connectivity index (χ2n) is 6.93. The Morgan fingerprint density at radius 1 is 1.00 bits per heavy atom. The fourth-order valence-corrected chi connectivity index (χ4v) is 4.93. The highest BCUT2D eigenvalue weighted by Crippen LogP contribution is 2.38. The number of nitrogens with zero attached hydrogens (tertiary/aromatic N) is 2. The third-order valence-corrected chi connectivity index (χ3v) is 6.53. The van der Waals surface area contributed by atoms with Gasteiger partial charge in [-0.3, -0.25) is 4.79 Å². The Labute approximate surface area is 187 Å². The lowest BCUT2D eigenvalue weighted by Gasteiger charge is -2.16. The Bertz CT molecular complexity index is 1300. The Hall–Kier alpha value is -2.80. The Balaban J connectivity index is 2.27. The number of carboxylic acids is 1. The number of hydrogen-bond donors (Lipinski definition) is 1. The van der Waals surface area contributed by atoms with Crippen molar-refractivity contribution in [1.29, 1.82) is 0 Å². The fourth-order valence-electron chi connectivity index (χ4n) is 3.15. The van der Waals surface area contributed by atoms with Crippen molar-refractivity contribution in [3.8, 4) is 0 Å². The van der Waals surface area contributed by atoms with E-state index in [-0.39, 0.29) is 59.3 Å². The number of aryl methyl sites for hydroxylation is 1. The second-order valence-corrected chi connectivity index (χ2v) is 9.11. The van der Waals surface area contributed by atoms with Gasteiger partial charge in [0.25, 0.3) is 10.0 Å². The van der Waals surface area contributed by atoms with Gasteiger partial charge in [0.2, 0.25) is 0 Å². The average Bonchev–Trinajstić information content (AvgIpc) is 3.03. The highest BCUT2D eigenvalue weighted by molar-refractivity contribution is 7.90. The SMILES string of the molecule is O=C(O)CCCc1cc2nc(Cl)ccc2n1S(=O)(=O)c1cc(C(F)(F)F)cc(C(F)(F)F)c1. The smallest absolute Gasteiger partial charge is 0.416 e. The minimum absolute atomic E-state index is 0.0134. The Morgan fingerprint density at radius 2 is 1.58 bits per heavy atom. The molecule has 0 radical (unpaired) electrons. The van der Waals surface area contributed by atoms with E-state index in [2.05, 4.69) is 4.98 Å². The number of alkyl halides is 6. The van der Waals surface area contributed by atoms with Gasteiger partial charge in [-0.25, -0.2) is 17.4 Å². The van der Waals surface area contributed by atoms with E-state index < -0.39 is 44.4 Å². The molecule has 0 saturated carbocycles. The molecule has 2 aromatic heterocycles. The van der Waals surface area contributed by atoms with Crippen molar-refractivity contribution in [2.24, 2.45) is 0 Å². The van der Waals surface area contributed by atoms with Gasteiger partial charge in [0.15, 0.2) is 0 Å². The van der Waals surface area contributed by atoms with E-state index in [1.165, 1.54) is 18.2 Å². The summed E-state index contributed by atoms with van der Waals surface area (Å²) < 4.78 is 107. The molecule has 0 saturated heterocycles. The number of aliphatic carboxylic acids is 1. The molecule has 2 heterocycles. The number of halogens is 7. The third-order valence-electron chi connectivity index (χ3n) is 4.57. The quantitative estimate of drug-likeness (QED) is 0.353. The molecule has 1 N–H and O–H groups in total. The summed E-state index contributed by atoms with van der Waals surface area (Å²) in [4.78, 5) is 13.5. The van der Waals surface area contributed by atoms with Crippen molar-refractivity contribution < 1.29 is 44.7 Å². The lowest BCUT2D eigenvalue weighted by Crippen LogP contribution is -2.19.